The molecule has 0 saturated carbocycles. The van der Waals surface area contributed by atoms with Gasteiger partial charge in [-0.1, -0.05) is 44.0 Å². The number of benzene rings is 2. The highest BCUT2D eigenvalue weighted by atomic mass is 16.5. The molecule has 166 valence electrons. The highest BCUT2D eigenvalue weighted by molar-refractivity contribution is 5.86. The van der Waals surface area contributed by atoms with Gasteiger partial charge in [-0.3, -0.25) is 4.90 Å². The van der Waals surface area contributed by atoms with Crippen molar-refractivity contribution in [2.24, 2.45) is 0 Å². The molecule has 4 atom stereocenters. The molecule has 3 N–H and O–H groups in total. The minimum atomic E-state index is -0.924. The summed E-state index contributed by atoms with van der Waals surface area (Å²) in [6.45, 7) is 4.23. The lowest BCUT2D eigenvalue weighted by molar-refractivity contribution is -0.172. The van der Waals surface area contributed by atoms with Gasteiger partial charge in [-0.15, -0.1) is 0 Å². The quantitative estimate of drug-likeness (QED) is 0.538. The van der Waals surface area contributed by atoms with Crippen LogP contribution in [0, 0.1) is 0 Å². The van der Waals surface area contributed by atoms with Crippen LogP contribution in [-0.4, -0.2) is 44.8 Å². The predicted octanol–water partition coefficient (Wildman–Crippen LogP) is 4.35. The topological polar surface area (TPSA) is 68.7 Å². The summed E-state index contributed by atoms with van der Waals surface area (Å²) in [6, 6.07) is 12.3. The molecule has 0 amide bonds. The van der Waals surface area contributed by atoms with E-state index in [1.54, 1.807) is 6.07 Å². The van der Waals surface area contributed by atoms with Crippen LogP contribution < -0.4 is 4.74 Å². The van der Waals surface area contributed by atoms with Gasteiger partial charge in [0.15, 0.2) is 17.6 Å². The SMILES string of the molecule is CCCCCN1CC[C@]23c4c5ccc(O)c4O[C@H]2c2[nH]c4ccccc4c2C[C@@]3(O)[C@H]1C5. The fourth-order valence-electron chi connectivity index (χ4n) is 7.56. The van der Waals surface area contributed by atoms with Crippen molar-refractivity contribution in [3.8, 4) is 11.5 Å². The number of aromatic hydroxyl groups is 1. The number of aliphatic hydroxyl groups is 1. The average molecular weight is 431 g/mol. The van der Waals surface area contributed by atoms with E-state index in [2.05, 4.69) is 41.1 Å². The number of nitrogens with zero attached hydrogens (tertiary/aromatic N) is 1. The number of ether oxygens (including phenoxy) is 1. The first kappa shape index (κ1) is 19.0. The van der Waals surface area contributed by atoms with E-state index in [0.29, 0.717) is 12.2 Å². The lowest BCUT2D eigenvalue weighted by Gasteiger charge is -2.62. The van der Waals surface area contributed by atoms with Gasteiger partial charge < -0.3 is 19.9 Å². The zero-order valence-electron chi connectivity index (χ0n) is 18.5. The number of likely N-dealkylation sites (tertiary alicyclic amines) is 1. The Morgan fingerprint density at radius 2 is 2.06 bits per heavy atom. The predicted molar refractivity (Wildman–Crippen MR) is 123 cm³/mol. The van der Waals surface area contributed by atoms with Gasteiger partial charge in [0.2, 0.25) is 0 Å². The summed E-state index contributed by atoms with van der Waals surface area (Å²) >= 11 is 0. The van der Waals surface area contributed by atoms with Crippen molar-refractivity contribution in [3.05, 3.63) is 58.8 Å². The first-order valence-corrected chi connectivity index (χ1v) is 12.2. The maximum atomic E-state index is 12.7. The second-order valence-electron chi connectivity index (χ2n) is 10.3. The second-order valence-corrected chi connectivity index (χ2v) is 10.3. The maximum Gasteiger partial charge on any atom is 0.166 e. The molecule has 2 aromatic carbocycles. The van der Waals surface area contributed by atoms with Gasteiger partial charge in [-0.2, -0.15) is 0 Å². The maximum absolute atomic E-state index is 12.7. The third-order valence-corrected chi connectivity index (χ3v) is 8.93. The first-order valence-electron chi connectivity index (χ1n) is 12.2. The van der Waals surface area contributed by atoms with Crippen LogP contribution in [0.4, 0.5) is 0 Å². The summed E-state index contributed by atoms with van der Waals surface area (Å²) in [5.74, 6) is 0.784. The Morgan fingerprint density at radius 3 is 2.94 bits per heavy atom. The molecule has 5 nitrogen and oxygen atoms in total. The molecule has 5 heteroatoms. The fourth-order valence-corrected chi connectivity index (χ4v) is 7.56. The van der Waals surface area contributed by atoms with E-state index in [1.165, 1.54) is 35.8 Å². The van der Waals surface area contributed by atoms with Crippen molar-refractivity contribution in [1.82, 2.24) is 9.88 Å². The highest BCUT2D eigenvalue weighted by Crippen LogP contribution is 2.68. The van der Waals surface area contributed by atoms with E-state index < -0.39 is 11.0 Å². The van der Waals surface area contributed by atoms with E-state index >= 15 is 0 Å². The van der Waals surface area contributed by atoms with Crippen molar-refractivity contribution >= 4 is 10.9 Å². The van der Waals surface area contributed by atoms with Crippen molar-refractivity contribution < 1.29 is 14.9 Å². The Balaban J connectivity index is 1.47. The number of piperidine rings is 1. The molecular weight excluding hydrogens is 400 g/mol. The molecule has 2 aliphatic heterocycles. The van der Waals surface area contributed by atoms with Crippen LogP contribution in [-0.2, 0) is 18.3 Å². The summed E-state index contributed by atoms with van der Waals surface area (Å²) in [5.41, 5.74) is 4.21. The third kappa shape index (κ3) is 2.07. The van der Waals surface area contributed by atoms with E-state index in [4.69, 9.17) is 4.74 Å². The van der Waals surface area contributed by atoms with Gasteiger partial charge in [-0.05, 0) is 55.6 Å². The Morgan fingerprint density at radius 1 is 1.19 bits per heavy atom. The smallest absolute Gasteiger partial charge is 0.166 e. The zero-order chi connectivity index (χ0) is 21.7. The monoisotopic (exact) mass is 430 g/mol. The lowest BCUT2D eigenvalue weighted by Crippen LogP contribution is -2.74. The zero-order valence-corrected chi connectivity index (χ0v) is 18.5. The summed E-state index contributed by atoms with van der Waals surface area (Å²) in [6.07, 6.45) is 5.56. The summed E-state index contributed by atoms with van der Waals surface area (Å²) in [7, 11) is 0. The van der Waals surface area contributed by atoms with Crippen LogP contribution in [0.25, 0.3) is 10.9 Å². The van der Waals surface area contributed by atoms with Crippen LogP contribution >= 0.6 is 0 Å². The number of rotatable bonds is 4. The minimum Gasteiger partial charge on any atom is -0.504 e. The number of nitrogens with one attached hydrogen (secondary N) is 1. The van der Waals surface area contributed by atoms with Gasteiger partial charge in [-0.25, -0.2) is 0 Å². The molecule has 7 rings (SSSR count). The largest absolute Gasteiger partial charge is 0.504 e. The van der Waals surface area contributed by atoms with E-state index in [1.807, 2.05) is 6.07 Å². The molecule has 2 bridgehead atoms. The number of unbranched alkanes of at least 4 members (excludes halogenated alkanes) is 2. The molecule has 3 heterocycles. The van der Waals surface area contributed by atoms with E-state index in [-0.39, 0.29) is 17.9 Å². The number of fused-ring (bicyclic) bond motifs is 4. The van der Waals surface area contributed by atoms with Crippen molar-refractivity contribution in [3.63, 3.8) is 0 Å². The molecular formula is C27H30N2O3. The van der Waals surface area contributed by atoms with Crippen LogP contribution in [0.1, 0.15) is 61.1 Å². The molecule has 0 radical (unpaired) electrons. The summed E-state index contributed by atoms with van der Waals surface area (Å²) in [4.78, 5) is 6.19. The Bertz CT molecular complexity index is 1250. The van der Waals surface area contributed by atoms with Crippen molar-refractivity contribution in [2.45, 2.75) is 68.6 Å². The highest BCUT2D eigenvalue weighted by Gasteiger charge is 2.72. The number of para-hydroxylation sites is 1. The number of phenols is 1. The normalized spacial score (nSPS) is 31.9. The molecule has 32 heavy (non-hydrogen) atoms. The van der Waals surface area contributed by atoms with Gasteiger partial charge in [0, 0.05) is 28.9 Å². The third-order valence-electron chi connectivity index (χ3n) is 8.93. The van der Waals surface area contributed by atoms with Crippen LogP contribution in [0.15, 0.2) is 36.4 Å². The first-order chi connectivity index (χ1) is 15.6. The Hall–Kier alpha value is -2.50. The van der Waals surface area contributed by atoms with Crippen molar-refractivity contribution in [2.75, 3.05) is 13.1 Å². The Kier molecular flexibility index (Phi) is 3.74. The molecule has 4 aliphatic rings. The Labute approximate surface area is 188 Å². The second kappa shape index (κ2) is 6.30. The van der Waals surface area contributed by atoms with Crippen molar-refractivity contribution in [1.29, 1.82) is 0 Å². The number of H-pyrrole nitrogens is 1. The lowest BCUT2D eigenvalue weighted by atomic mass is 9.49. The molecule has 1 aromatic heterocycles. The standard InChI is InChI=1S/C27H30N2O3/c1-2-3-6-12-29-13-11-26-22-16-9-10-20(30)24(22)32-25(26)23-18(15-27(26,31)21(29)14-16)17-7-4-5-8-19(17)28-23/h4-5,7-10,21,25,28,30-31H,2-3,6,11-15H2,1H3/t21-,25+,26+,27-/m1/s1. The fraction of sp³-hybridized carbons (Fsp3) is 0.481. The average Bonchev–Trinajstić information content (AvgIpc) is 3.32. The van der Waals surface area contributed by atoms with Gasteiger partial charge in [0.05, 0.1) is 16.7 Å². The molecule has 1 fully saturated rings. The number of aromatic amines is 1. The number of phenolic OH excluding ortho intramolecular Hbond substituents is 1. The summed E-state index contributed by atoms with van der Waals surface area (Å²) < 4.78 is 6.60. The number of hydrogen-bond acceptors (Lipinski definition) is 4. The molecule has 1 saturated heterocycles. The van der Waals surface area contributed by atoms with E-state index in [0.717, 1.165) is 42.7 Å². The number of aromatic nitrogens is 1. The molecule has 0 unspecified atom stereocenters. The van der Waals surface area contributed by atoms with Gasteiger partial charge in [0.25, 0.3) is 0 Å². The van der Waals surface area contributed by atoms with E-state index in [9.17, 15) is 10.2 Å². The van der Waals surface area contributed by atoms with Gasteiger partial charge >= 0.3 is 0 Å². The molecule has 1 spiro atoms. The van der Waals surface area contributed by atoms with Gasteiger partial charge in [0.1, 0.15) is 0 Å². The molecule has 3 aromatic rings. The number of hydrogen-bond donors (Lipinski definition) is 3. The molecule has 2 aliphatic carbocycles. The minimum absolute atomic E-state index is 0.0593. The van der Waals surface area contributed by atoms with Crippen LogP contribution in [0.3, 0.4) is 0 Å². The van der Waals surface area contributed by atoms with Crippen LogP contribution in [0.5, 0.6) is 11.5 Å². The van der Waals surface area contributed by atoms with Crippen LogP contribution in [0.2, 0.25) is 0 Å². The summed E-state index contributed by atoms with van der Waals surface area (Å²) in [5, 5.41) is 24.7.